The van der Waals surface area contributed by atoms with Crippen molar-refractivity contribution in [3.63, 3.8) is 0 Å². The lowest BCUT2D eigenvalue weighted by Gasteiger charge is -2.14. The van der Waals surface area contributed by atoms with Crippen molar-refractivity contribution in [1.29, 1.82) is 0 Å². The minimum absolute atomic E-state index is 0.154. The van der Waals surface area contributed by atoms with Gasteiger partial charge < -0.3 is 9.47 Å². The van der Waals surface area contributed by atoms with Crippen molar-refractivity contribution in [3.8, 4) is 17.1 Å². The van der Waals surface area contributed by atoms with Crippen LogP contribution in [0.5, 0.6) is 5.75 Å². The molecule has 0 fully saturated rings. The van der Waals surface area contributed by atoms with E-state index in [2.05, 4.69) is 36.4 Å². The van der Waals surface area contributed by atoms with E-state index in [-0.39, 0.29) is 12.2 Å². The Labute approximate surface area is 190 Å². The summed E-state index contributed by atoms with van der Waals surface area (Å²) in [5.74, 6) is -0.221. The molecule has 0 saturated carbocycles. The Hall–Kier alpha value is -3.86. The third-order valence-electron chi connectivity index (χ3n) is 4.45. The first kappa shape index (κ1) is 21.4. The Kier molecular flexibility index (Phi) is 6.36. The molecule has 4 rings (SSSR count). The summed E-state index contributed by atoms with van der Waals surface area (Å²) >= 11 is 3.41. The minimum atomic E-state index is -0.727. The van der Waals surface area contributed by atoms with Crippen molar-refractivity contribution in [2.75, 3.05) is 6.61 Å². The standard InChI is InChI=1S/C21H17BrN6O4/c1-2-31-21(30)17-10-23-12-27(20(17)29)16-7-8-19(18(9-16)28-13-24-25-26-28)32-11-14-3-5-15(22)6-4-14/h3-10,12-13H,2,11H2,1H3. The van der Waals surface area contributed by atoms with Crippen LogP contribution in [0.4, 0.5) is 0 Å². The fraction of sp³-hybridized carbons (Fsp3) is 0.143. The topological polar surface area (TPSA) is 114 Å². The molecule has 2 aromatic heterocycles. The van der Waals surface area contributed by atoms with Crippen LogP contribution in [0, 0.1) is 0 Å². The second-order valence-corrected chi connectivity index (χ2v) is 7.44. The monoisotopic (exact) mass is 496 g/mol. The highest BCUT2D eigenvalue weighted by molar-refractivity contribution is 9.10. The first-order valence-corrected chi connectivity index (χ1v) is 10.3. The van der Waals surface area contributed by atoms with Crippen LogP contribution in [0.15, 0.2) is 70.6 Å². The van der Waals surface area contributed by atoms with Gasteiger partial charge in [-0.25, -0.2) is 9.78 Å². The molecule has 0 radical (unpaired) electrons. The molecule has 11 heteroatoms. The van der Waals surface area contributed by atoms with E-state index < -0.39 is 11.5 Å². The highest BCUT2D eigenvalue weighted by Crippen LogP contribution is 2.26. The molecule has 32 heavy (non-hydrogen) atoms. The number of nitrogens with zero attached hydrogens (tertiary/aromatic N) is 6. The lowest BCUT2D eigenvalue weighted by molar-refractivity contribution is 0.0523. The van der Waals surface area contributed by atoms with Gasteiger partial charge in [0.1, 0.15) is 36.3 Å². The van der Waals surface area contributed by atoms with Crippen molar-refractivity contribution in [1.82, 2.24) is 29.8 Å². The first-order chi connectivity index (χ1) is 15.6. The number of esters is 1. The van der Waals surface area contributed by atoms with Gasteiger partial charge in [-0.1, -0.05) is 28.1 Å². The Balaban J connectivity index is 1.71. The molecule has 0 unspecified atom stereocenters. The summed E-state index contributed by atoms with van der Waals surface area (Å²) in [6.45, 7) is 2.14. The number of halogens is 1. The van der Waals surface area contributed by atoms with Gasteiger partial charge in [0.25, 0.3) is 5.56 Å². The Morgan fingerprint density at radius 1 is 1.12 bits per heavy atom. The molecular weight excluding hydrogens is 480 g/mol. The molecule has 4 aromatic rings. The summed E-state index contributed by atoms with van der Waals surface area (Å²) < 4.78 is 14.6. The number of rotatable bonds is 7. The zero-order valence-electron chi connectivity index (χ0n) is 16.9. The number of aromatic nitrogens is 6. The summed E-state index contributed by atoms with van der Waals surface area (Å²) in [5, 5.41) is 11.3. The summed E-state index contributed by atoms with van der Waals surface area (Å²) in [6.07, 6.45) is 3.93. The van der Waals surface area contributed by atoms with E-state index in [1.165, 1.54) is 28.1 Å². The number of carbonyl (C=O) groups is 1. The van der Waals surface area contributed by atoms with Crippen LogP contribution in [0.25, 0.3) is 11.4 Å². The first-order valence-electron chi connectivity index (χ1n) is 9.55. The van der Waals surface area contributed by atoms with Crippen LogP contribution in [0.3, 0.4) is 0 Å². The third-order valence-corrected chi connectivity index (χ3v) is 4.98. The Bertz CT molecular complexity index is 1290. The SMILES string of the molecule is CCOC(=O)c1cncn(-c2ccc(OCc3ccc(Br)cc3)c(-n3cnnn3)c2)c1=O. The normalized spacial score (nSPS) is 10.7. The van der Waals surface area contributed by atoms with Crippen molar-refractivity contribution in [2.24, 2.45) is 0 Å². The second kappa shape index (κ2) is 9.52. The average Bonchev–Trinajstić information content (AvgIpc) is 3.34. The van der Waals surface area contributed by atoms with E-state index in [9.17, 15) is 9.59 Å². The van der Waals surface area contributed by atoms with Gasteiger partial charge in [0.05, 0.1) is 12.3 Å². The molecule has 162 valence electrons. The molecule has 0 spiro atoms. The highest BCUT2D eigenvalue weighted by atomic mass is 79.9. The maximum Gasteiger partial charge on any atom is 0.345 e. The minimum Gasteiger partial charge on any atom is -0.487 e. The van der Waals surface area contributed by atoms with Crippen molar-refractivity contribution in [2.45, 2.75) is 13.5 Å². The second-order valence-electron chi connectivity index (χ2n) is 6.52. The predicted octanol–water partition coefficient (Wildman–Crippen LogP) is 2.73. The van der Waals surface area contributed by atoms with Gasteiger partial charge in [-0.05, 0) is 53.2 Å². The largest absolute Gasteiger partial charge is 0.487 e. The van der Waals surface area contributed by atoms with E-state index in [0.717, 1.165) is 10.0 Å². The van der Waals surface area contributed by atoms with Gasteiger partial charge in [0, 0.05) is 10.7 Å². The maximum absolute atomic E-state index is 12.8. The quantitative estimate of drug-likeness (QED) is 0.358. The summed E-state index contributed by atoms with van der Waals surface area (Å²) in [5.41, 5.74) is 1.23. The van der Waals surface area contributed by atoms with Crippen molar-refractivity contribution < 1.29 is 14.3 Å². The lowest BCUT2D eigenvalue weighted by Crippen LogP contribution is -2.26. The van der Waals surface area contributed by atoms with Crippen LogP contribution in [-0.4, -0.2) is 42.3 Å². The molecule has 0 atom stereocenters. The van der Waals surface area contributed by atoms with Gasteiger partial charge in [-0.15, -0.1) is 5.10 Å². The van der Waals surface area contributed by atoms with Gasteiger partial charge in [0.2, 0.25) is 0 Å². The highest BCUT2D eigenvalue weighted by Gasteiger charge is 2.16. The van der Waals surface area contributed by atoms with Gasteiger partial charge >= 0.3 is 5.97 Å². The molecule has 0 aliphatic carbocycles. The van der Waals surface area contributed by atoms with E-state index in [1.54, 1.807) is 25.1 Å². The van der Waals surface area contributed by atoms with Crippen LogP contribution in [0.2, 0.25) is 0 Å². The van der Waals surface area contributed by atoms with Gasteiger partial charge in [0.15, 0.2) is 0 Å². The number of hydrogen-bond acceptors (Lipinski definition) is 8. The van der Waals surface area contributed by atoms with E-state index in [1.807, 2.05) is 24.3 Å². The zero-order valence-corrected chi connectivity index (χ0v) is 18.5. The summed E-state index contributed by atoms with van der Waals surface area (Å²) in [7, 11) is 0. The molecule has 0 saturated heterocycles. The smallest absolute Gasteiger partial charge is 0.345 e. The number of carbonyl (C=O) groups excluding carboxylic acids is 1. The summed E-state index contributed by atoms with van der Waals surface area (Å²) in [6, 6.07) is 12.8. The van der Waals surface area contributed by atoms with Crippen molar-refractivity contribution in [3.05, 3.63) is 87.3 Å². The molecular formula is C21H17BrN6O4. The predicted molar refractivity (Wildman–Crippen MR) is 117 cm³/mol. The van der Waals surface area contributed by atoms with Gasteiger partial charge in [-0.2, -0.15) is 4.68 Å². The van der Waals surface area contributed by atoms with E-state index >= 15 is 0 Å². The van der Waals surface area contributed by atoms with E-state index in [0.29, 0.717) is 23.7 Å². The van der Waals surface area contributed by atoms with Crippen LogP contribution in [-0.2, 0) is 11.3 Å². The third kappa shape index (κ3) is 4.57. The van der Waals surface area contributed by atoms with Gasteiger partial charge in [-0.3, -0.25) is 9.36 Å². The molecule has 0 N–H and O–H groups in total. The Morgan fingerprint density at radius 2 is 1.94 bits per heavy atom. The van der Waals surface area contributed by atoms with Crippen LogP contribution < -0.4 is 10.3 Å². The molecule has 0 aliphatic heterocycles. The summed E-state index contributed by atoms with van der Waals surface area (Å²) in [4.78, 5) is 28.9. The molecule has 10 nitrogen and oxygen atoms in total. The average molecular weight is 497 g/mol. The van der Waals surface area contributed by atoms with Crippen LogP contribution >= 0.6 is 15.9 Å². The maximum atomic E-state index is 12.8. The molecule has 2 heterocycles. The molecule has 0 bridgehead atoms. The fourth-order valence-electron chi connectivity index (χ4n) is 2.91. The fourth-order valence-corrected chi connectivity index (χ4v) is 3.18. The lowest BCUT2D eigenvalue weighted by atomic mass is 10.2. The molecule has 2 aromatic carbocycles. The molecule has 0 aliphatic rings. The van der Waals surface area contributed by atoms with E-state index in [4.69, 9.17) is 9.47 Å². The Morgan fingerprint density at radius 3 is 2.66 bits per heavy atom. The van der Waals surface area contributed by atoms with Crippen molar-refractivity contribution >= 4 is 21.9 Å². The number of hydrogen-bond donors (Lipinski definition) is 0. The molecule has 0 amide bonds. The number of benzene rings is 2. The number of tetrazole rings is 1. The van der Waals surface area contributed by atoms with Crippen LogP contribution in [0.1, 0.15) is 22.8 Å². The zero-order chi connectivity index (χ0) is 22.5. The number of ether oxygens (including phenoxy) is 2.